The number of fused-ring (bicyclic) bond motifs is 1. The molecule has 0 aliphatic heterocycles. The molecule has 0 spiro atoms. The highest BCUT2D eigenvalue weighted by atomic mass is 32.2. The molecule has 0 aromatic carbocycles. The van der Waals surface area contributed by atoms with E-state index in [1.807, 2.05) is 13.0 Å². The zero-order chi connectivity index (χ0) is 15.6. The number of anilines is 1. The number of nitrogens with one attached hydrogen (secondary N) is 1. The molecule has 6 nitrogen and oxygen atoms in total. The lowest BCUT2D eigenvalue weighted by Gasteiger charge is -2.04. The maximum atomic E-state index is 12.1. The van der Waals surface area contributed by atoms with Crippen LogP contribution in [0.3, 0.4) is 0 Å². The minimum atomic E-state index is -3.09. The first kappa shape index (κ1) is 15.7. The van der Waals surface area contributed by atoms with Gasteiger partial charge in [-0.1, -0.05) is 6.92 Å². The molecule has 0 bridgehead atoms. The molecule has 0 fully saturated rings. The molecule has 21 heavy (non-hydrogen) atoms. The van der Waals surface area contributed by atoms with Crippen molar-refractivity contribution < 1.29 is 13.2 Å². The number of amides is 1. The van der Waals surface area contributed by atoms with Gasteiger partial charge in [0.1, 0.15) is 9.71 Å². The zero-order valence-electron chi connectivity index (χ0n) is 11.8. The minimum absolute atomic E-state index is 0.0665. The van der Waals surface area contributed by atoms with Crippen LogP contribution in [0.5, 0.6) is 0 Å². The molecule has 1 amide bonds. The first-order valence-corrected chi connectivity index (χ1v) is 9.11. The first-order valence-electron chi connectivity index (χ1n) is 6.48. The fourth-order valence-electron chi connectivity index (χ4n) is 1.92. The van der Waals surface area contributed by atoms with Crippen LogP contribution in [0.25, 0.3) is 10.2 Å². The van der Waals surface area contributed by atoms with E-state index in [-0.39, 0.29) is 24.0 Å². The third kappa shape index (κ3) is 3.33. The van der Waals surface area contributed by atoms with E-state index in [0.717, 1.165) is 10.9 Å². The van der Waals surface area contributed by atoms with E-state index in [2.05, 4.69) is 10.3 Å². The highest BCUT2D eigenvalue weighted by Crippen LogP contribution is 2.34. The number of hydrogen-bond donors (Lipinski definition) is 2. The third-order valence-electron chi connectivity index (χ3n) is 3.18. The first-order chi connectivity index (χ1) is 9.85. The molecule has 0 aliphatic rings. The van der Waals surface area contributed by atoms with E-state index >= 15 is 0 Å². The van der Waals surface area contributed by atoms with Gasteiger partial charge in [0.2, 0.25) is 0 Å². The lowest BCUT2D eigenvalue weighted by molar-refractivity contribution is 0.0961. The number of thiophene rings is 1. The Kier molecular flexibility index (Phi) is 4.48. The number of aryl methyl sites for hydroxylation is 1. The fourth-order valence-corrected chi connectivity index (χ4v) is 3.68. The maximum absolute atomic E-state index is 12.1. The summed E-state index contributed by atoms with van der Waals surface area (Å²) in [7, 11) is -3.09. The van der Waals surface area contributed by atoms with E-state index in [9.17, 15) is 13.2 Å². The van der Waals surface area contributed by atoms with Crippen LogP contribution in [0.2, 0.25) is 0 Å². The maximum Gasteiger partial charge on any atom is 0.263 e. The molecule has 114 valence electrons. The van der Waals surface area contributed by atoms with E-state index in [4.69, 9.17) is 5.73 Å². The number of nitrogens with two attached hydrogens (primary N) is 1. The van der Waals surface area contributed by atoms with Crippen LogP contribution in [-0.2, 0) is 9.84 Å². The Bertz CT molecular complexity index is 781. The molecule has 0 saturated carbocycles. The number of sulfone groups is 1. The molecule has 8 heteroatoms. The zero-order valence-corrected chi connectivity index (χ0v) is 13.5. The Balaban J connectivity index is 2.17. The Labute approximate surface area is 127 Å². The van der Waals surface area contributed by atoms with Crippen LogP contribution < -0.4 is 11.1 Å². The highest BCUT2D eigenvalue weighted by molar-refractivity contribution is 7.91. The molecule has 0 radical (unpaired) electrons. The molecule has 0 unspecified atom stereocenters. The van der Waals surface area contributed by atoms with Crippen molar-refractivity contribution in [2.24, 2.45) is 0 Å². The summed E-state index contributed by atoms with van der Waals surface area (Å²) in [5.41, 5.74) is 7.37. The second-order valence-electron chi connectivity index (χ2n) is 4.65. The van der Waals surface area contributed by atoms with Crippen LogP contribution in [0.15, 0.2) is 12.3 Å². The van der Waals surface area contributed by atoms with Crippen molar-refractivity contribution in [3.8, 4) is 0 Å². The van der Waals surface area contributed by atoms with Crippen molar-refractivity contribution in [2.45, 2.75) is 13.8 Å². The normalized spacial score (nSPS) is 11.7. The van der Waals surface area contributed by atoms with Crippen molar-refractivity contribution in [3.05, 3.63) is 22.7 Å². The summed E-state index contributed by atoms with van der Waals surface area (Å²) in [6.07, 6.45) is 1.67. The van der Waals surface area contributed by atoms with E-state index in [1.165, 1.54) is 11.3 Å². The van der Waals surface area contributed by atoms with Gasteiger partial charge in [0, 0.05) is 23.9 Å². The molecule has 2 rings (SSSR count). The molecule has 2 aromatic rings. The highest BCUT2D eigenvalue weighted by Gasteiger charge is 2.18. The van der Waals surface area contributed by atoms with Crippen molar-refractivity contribution in [2.75, 3.05) is 23.8 Å². The average molecular weight is 327 g/mol. The van der Waals surface area contributed by atoms with Crippen LogP contribution in [-0.4, -0.2) is 37.4 Å². The Morgan fingerprint density at radius 3 is 2.81 bits per heavy atom. The van der Waals surface area contributed by atoms with Gasteiger partial charge in [0.25, 0.3) is 5.91 Å². The van der Waals surface area contributed by atoms with Gasteiger partial charge in [-0.25, -0.2) is 13.4 Å². The van der Waals surface area contributed by atoms with Gasteiger partial charge < -0.3 is 11.1 Å². The number of carbonyl (C=O) groups is 1. The minimum Gasteiger partial charge on any atom is -0.397 e. The molecular weight excluding hydrogens is 310 g/mol. The Morgan fingerprint density at radius 2 is 2.19 bits per heavy atom. The second kappa shape index (κ2) is 5.98. The van der Waals surface area contributed by atoms with Gasteiger partial charge in [0.15, 0.2) is 9.84 Å². The fraction of sp³-hybridized carbons (Fsp3) is 0.385. The van der Waals surface area contributed by atoms with Crippen LogP contribution in [0, 0.1) is 6.92 Å². The number of carbonyl (C=O) groups excluding carboxylic acids is 1. The number of pyridine rings is 1. The SMILES string of the molecule is CCS(=O)(=O)CCNC(=O)c1sc2nccc(C)c2c1N. The van der Waals surface area contributed by atoms with Gasteiger partial charge in [-0.3, -0.25) is 4.79 Å². The number of nitrogens with zero attached hydrogens (tertiary/aromatic N) is 1. The summed E-state index contributed by atoms with van der Waals surface area (Å²) in [5, 5.41) is 3.38. The number of hydrogen-bond acceptors (Lipinski definition) is 6. The topological polar surface area (TPSA) is 102 Å². The Hall–Kier alpha value is -1.67. The smallest absolute Gasteiger partial charge is 0.263 e. The molecule has 0 saturated heterocycles. The number of aromatic nitrogens is 1. The van der Waals surface area contributed by atoms with Crippen molar-refractivity contribution in [3.63, 3.8) is 0 Å². The quantitative estimate of drug-likeness (QED) is 0.863. The van der Waals surface area contributed by atoms with Crippen molar-refractivity contribution >= 4 is 43.0 Å². The predicted molar refractivity (Wildman–Crippen MR) is 85.4 cm³/mol. The lowest BCUT2D eigenvalue weighted by Crippen LogP contribution is -2.29. The lowest BCUT2D eigenvalue weighted by atomic mass is 10.2. The predicted octanol–water partition coefficient (Wildman–Crippen LogP) is 1.35. The van der Waals surface area contributed by atoms with Gasteiger partial charge >= 0.3 is 0 Å². The van der Waals surface area contributed by atoms with Gasteiger partial charge in [0.05, 0.1) is 11.4 Å². The summed E-state index contributed by atoms with van der Waals surface area (Å²) in [5.74, 6) is -0.366. The summed E-state index contributed by atoms with van der Waals surface area (Å²) in [6.45, 7) is 3.56. The molecule has 0 aliphatic carbocycles. The monoisotopic (exact) mass is 327 g/mol. The summed E-state index contributed by atoms with van der Waals surface area (Å²) in [4.78, 5) is 17.4. The van der Waals surface area contributed by atoms with E-state index in [0.29, 0.717) is 15.4 Å². The molecule has 2 aromatic heterocycles. The summed E-state index contributed by atoms with van der Waals surface area (Å²) in [6, 6.07) is 1.83. The van der Waals surface area contributed by atoms with Gasteiger partial charge in [-0.2, -0.15) is 0 Å². The van der Waals surface area contributed by atoms with Crippen LogP contribution in [0.1, 0.15) is 22.2 Å². The Morgan fingerprint density at radius 1 is 1.48 bits per heavy atom. The molecule has 3 N–H and O–H groups in total. The average Bonchev–Trinajstić information content (AvgIpc) is 2.77. The molecular formula is C13H17N3O3S2. The van der Waals surface area contributed by atoms with E-state index in [1.54, 1.807) is 13.1 Å². The molecule has 0 atom stereocenters. The standard InChI is InChI=1S/C13H17N3O3S2/c1-3-21(18,19)7-6-15-12(17)11-10(14)9-8(2)4-5-16-13(9)20-11/h4-5H,3,6-7,14H2,1-2H3,(H,15,17). The van der Waals surface area contributed by atoms with Crippen molar-refractivity contribution in [1.82, 2.24) is 10.3 Å². The third-order valence-corrected chi connectivity index (χ3v) is 6.00. The van der Waals surface area contributed by atoms with Crippen LogP contribution >= 0.6 is 11.3 Å². The summed E-state index contributed by atoms with van der Waals surface area (Å²) >= 11 is 1.21. The van der Waals surface area contributed by atoms with Crippen molar-refractivity contribution in [1.29, 1.82) is 0 Å². The number of rotatable bonds is 5. The van der Waals surface area contributed by atoms with E-state index < -0.39 is 9.84 Å². The largest absolute Gasteiger partial charge is 0.397 e. The van der Waals surface area contributed by atoms with Gasteiger partial charge in [-0.05, 0) is 18.6 Å². The second-order valence-corrected chi connectivity index (χ2v) is 8.12. The number of nitrogen functional groups attached to an aromatic ring is 1. The summed E-state index contributed by atoms with van der Waals surface area (Å²) < 4.78 is 22.8. The van der Waals surface area contributed by atoms with Crippen LogP contribution in [0.4, 0.5) is 5.69 Å². The van der Waals surface area contributed by atoms with Gasteiger partial charge in [-0.15, -0.1) is 11.3 Å². The molecule has 2 heterocycles.